The van der Waals surface area contributed by atoms with Crippen LogP contribution >= 0.6 is 0 Å². The van der Waals surface area contributed by atoms with Crippen molar-refractivity contribution in [3.05, 3.63) is 55.1 Å². The fourth-order valence-electron chi connectivity index (χ4n) is 4.37. The van der Waals surface area contributed by atoms with Crippen molar-refractivity contribution in [2.24, 2.45) is 0 Å². The number of aromatic nitrogens is 4. The van der Waals surface area contributed by atoms with E-state index < -0.39 is 0 Å². The van der Waals surface area contributed by atoms with Crippen molar-refractivity contribution in [2.75, 3.05) is 19.8 Å². The second kappa shape index (κ2) is 9.23. The predicted molar refractivity (Wildman–Crippen MR) is 110 cm³/mol. The zero-order chi connectivity index (χ0) is 20.8. The molecular weight excluding hydrogens is 384 g/mol. The molecule has 0 aliphatic carbocycles. The average molecular weight is 410 g/mol. The van der Waals surface area contributed by atoms with Crippen LogP contribution in [0.3, 0.4) is 0 Å². The summed E-state index contributed by atoms with van der Waals surface area (Å²) >= 11 is 0. The SMILES string of the molecule is O=CO.c1cc(-c2nccn2C2CCOC3(CCOCC3)C2)cc(-n2cccn2)c1. The van der Waals surface area contributed by atoms with Crippen LogP contribution in [-0.4, -0.2) is 56.3 Å². The summed E-state index contributed by atoms with van der Waals surface area (Å²) in [5, 5.41) is 11.2. The standard InChI is InChI=1S/C21H24N4O2.CH2O2/c1-3-17(15-18(4-1)25-10-2-8-23-25)20-22-9-11-24(20)19-5-12-27-21(16-19)6-13-26-14-7-21;2-1-3/h1-4,8-11,15,19H,5-7,12-14,16H2;1H,(H,2,3). The zero-order valence-corrected chi connectivity index (χ0v) is 16.8. The van der Waals surface area contributed by atoms with Crippen LogP contribution in [0.25, 0.3) is 17.1 Å². The first-order valence-electron chi connectivity index (χ1n) is 10.2. The Kier molecular flexibility index (Phi) is 6.25. The molecule has 2 saturated heterocycles. The predicted octanol–water partition coefficient (Wildman–Crippen LogP) is 3.34. The van der Waals surface area contributed by atoms with Gasteiger partial charge in [0.2, 0.25) is 0 Å². The molecular formula is C22H26N4O4. The van der Waals surface area contributed by atoms with Crippen molar-refractivity contribution in [2.45, 2.75) is 37.3 Å². The number of hydrogen-bond acceptors (Lipinski definition) is 5. The third-order valence-electron chi connectivity index (χ3n) is 5.81. The summed E-state index contributed by atoms with van der Waals surface area (Å²) in [5.74, 6) is 1.01. The molecule has 2 aromatic heterocycles. The molecule has 30 heavy (non-hydrogen) atoms. The van der Waals surface area contributed by atoms with E-state index in [1.165, 1.54) is 0 Å². The molecule has 8 nitrogen and oxygen atoms in total. The Hall–Kier alpha value is -2.97. The summed E-state index contributed by atoms with van der Waals surface area (Å²) in [6, 6.07) is 10.7. The lowest BCUT2D eigenvalue weighted by Crippen LogP contribution is -2.44. The summed E-state index contributed by atoms with van der Waals surface area (Å²) < 4.78 is 16.0. The number of carbonyl (C=O) groups is 1. The number of benzene rings is 1. The van der Waals surface area contributed by atoms with Gasteiger partial charge in [0.05, 0.1) is 11.3 Å². The van der Waals surface area contributed by atoms with Crippen LogP contribution in [0.1, 0.15) is 31.7 Å². The van der Waals surface area contributed by atoms with E-state index in [1.807, 2.05) is 23.1 Å². The van der Waals surface area contributed by atoms with E-state index >= 15 is 0 Å². The summed E-state index contributed by atoms with van der Waals surface area (Å²) in [6.07, 6.45) is 11.8. The smallest absolute Gasteiger partial charge is 0.290 e. The van der Waals surface area contributed by atoms with Crippen LogP contribution in [0.5, 0.6) is 0 Å². The second-order valence-corrected chi connectivity index (χ2v) is 7.55. The van der Waals surface area contributed by atoms with Crippen molar-refractivity contribution in [3.8, 4) is 17.1 Å². The largest absolute Gasteiger partial charge is 0.483 e. The van der Waals surface area contributed by atoms with Gasteiger partial charge in [-0.15, -0.1) is 0 Å². The fourth-order valence-corrected chi connectivity index (χ4v) is 4.37. The zero-order valence-electron chi connectivity index (χ0n) is 16.8. The van der Waals surface area contributed by atoms with Crippen LogP contribution in [0, 0.1) is 0 Å². The van der Waals surface area contributed by atoms with Crippen LogP contribution in [0.2, 0.25) is 0 Å². The molecule has 5 rings (SSSR count). The molecule has 1 aromatic carbocycles. The van der Waals surface area contributed by atoms with Gasteiger partial charge in [0.25, 0.3) is 6.47 Å². The molecule has 1 spiro atoms. The van der Waals surface area contributed by atoms with Crippen LogP contribution < -0.4 is 0 Å². The maximum Gasteiger partial charge on any atom is 0.290 e. The van der Waals surface area contributed by atoms with Crippen LogP contribution in [-0.2, 0) is 14.3 Å². The number of rotatable bonds is 3. The number of imidazole rings is 1. The third-order valence-corrected chi connectivity index (χ3v) is 5.81. The monoisotopic (exact) mass is 410 g/mol. The molecule has 2 aliphatic heterocycles. The summed E-state index contributed by atoms with van der Waals surface area (Å²) in [5.41, 5.74) is 2.13. The molecule has 0 amide bonds. The van der Waals surface area contributed by atoms with Gasteiger partial charge in [-0.25, -0.2) is 9.67 Å². The van der Waals surface area contributed by atoms with Gasteiger partial charge in [-0.1, -0.05) is 12.1 Å². The minimum absolute atomic E-state index is 0.0282. The number of hydrogen-bond donors (Lipinski definition) is 1. The lowest BCUT2D eigenvalue weighted by atomic mass is 9.84. The van der Waals surface area contributed by atoms with Crippen molar-refractivity contribution in [1.29, 1.82) is 0 Å². The maximum atomic E-state index is 8.36. The van der Waals surface area contributed by atoms with E-state index in [4.69, 9.17) is 19.4 Å². The summed E-state index contributed by atoms with van der Waals surface area (Å²) in [4.78, 5) is 13.0. The molecule has 1 unspecified atom stereocenters. The average Bonchev–Trinajstić information content (AvgIpc) is 3.48. The Balaban J connectivity index is 0.000000687. The van der Waals surface area contributed by atoms with E-state index in [0.717, 1.165) is 62.6 Å². The first-order valence-corrected chi connectivity index (χ1v) is 10.2. The van der Waals surface area contributed by atoms with Crippen LogP contribution in [0.4, 0.5) is 0 Å². The molecule has 1 atom stereocenters. The number of carboxylic acid groups (broad SMARTS) is 1. The van der Waals surface area contributed by atoms with Gasteiger partial charge in [-0.2, -0.15) is 5.10 Å². The van der Waals surface area contributed by atoms with Gasteiger partial charge in [0.15, 0.2) is 0 Å². The van der Waals surface area contributed by atoms with Crippen molar-refractivity contribution < 1.29 is 19.4 Å². The normalized spacial score (nSPS) is 20.3. The topological polar surface area (TPSA) is 91.4 Å². The lowest BCUT2D eigenvalue weighted by molar-refractivity contribution is -0.144. The molecule has 8 heteroatoms. The van der Waals surface area contributed by atoms with E-state index in [1.54, 1.807) is 6.20 Å². The minimum atomic E-state index is -0.250. The van der Waals surface area contributed by atoms with Crippen molar-refractivity contribution in [1.82, 2.24) is 19.3 Å². The highest BCUT2D eigenvalue weighted by molar-refractivity contribution is 5.59. The number of nitrogens with zero attached hydrogens (tertiary/aromatic N) is 4. The van der Waals surface area contributed by atoms with Gasteiger partial charge in [0.1, 0.15) is 5.82 Å². The van der Waals surface area contributed by atoms with E-state index in [0.29, 0.717) is 6.04 Å². The molecule has 3 aromatic rings. The van der Waals surface area contributed by atoms with Gasteiger partial charge in [0, 0.05) is 56.2 Å². The third kappa shape index (κ3) is 4.29. The van der Waals surface area contributed by atoms with Crippen molar-refractivity contribution in [3.63, 3.8) is 0 Å². The maximum absolute atomic E-state index is 8.36. The minimum Gasteiger partial charge on any atom is -0.483 e. The highest BCUT2D eigenvalue weighted by Crippen LogP contribution is 2.40. The van der Waals surface area contributed by atoms with E-state index in [-0.39, 0.29) is 12.1 Å². The quantitative estimate of drug-likeness (QED) is 0.666. The van der Waals surface area contributed by atoms with Crippen molar-refractivity contribution >= 4 is 6.47 Å². The molecule has 2 aliphatic rings. The summed E-state index contributed by atoms with van der Waals surface area (Å²) in [7, 11) is 0. The molecule has 2 fully saturated rings. The van der Waals surface area contributed by atoms with Gasteiger partial charge in [-0.05, 0) is 43.9 Å². The Bertz CT molecular complexity index is 942. The highest BCUT2D eigenvalue weighted by Gasteiger charge is 2.40. The highest BCUT2D eigenvalue weighted by atomic mass is 16.5. The van der Waals surface area contributed by atoms with E-state index in [9.17, 15) is 0 Å². The Labute approximate surface area is 175 Å². The van der Waals surface area contributed by atoms with Crippen LogP contribution in [0.15, 0.2) is 55.1 Å². The number of ether oxygens (including phenoxy) is 2. The second-order valence-electron chi connectivity index (χ2n) is 7.55. The molecule has 0 saturated carbocycles. The first kappa shape index (κ1) is 20.3. The molecule has 0 radical (unpaired) electrons. The first-order chi connectivity index (χ1) is 14.7. The van der Waals surface area contributed by atoms with E-state index in [2.05, 4.69) is 45.1 Å². The molecule has 0 bridgehead atoms. The van der Waals surface area contributed by atoms with Gasteiger partial charge < -0.3 is 19.1 Å². The molecule has 4 heterocycles. The lowest BCUT2D eigenvalue weighted by Gasteiger charge is -2.43. The Morgan fingerprint density at radius 1 is 1.13 bits per heavy atom. The molecule has 1 N–H and O–H groups in total. The van der Waals surface area contributed by atoms with Gasteiger partial charge in [-0.3, -0.25) is 4.79 Å². The molecule has 158 valence electrons. The Morgan fingerprint density at radius 2 is 1.97 bits per heavy atom. The summed E-state index contributed by atoms with van der Waals surface area (Å²) in [6.45, 7) is 2.15. The fraction of sp³-hybridized carbons (Fsp3) is 0.409. The Morgan fingerprint density at radius 3 is 2.73 bits per heavy atom. The van der Waals surface area contributed by atoms with Gasteiger partial charge >= 0.3 is 0 Å².